The molecule has 0 amide bonds. The Labute approximate surface area is 137 Å². The Balaban J connectivity index is 1.63. The first-order valence-corrected chi connectivity index (χ1v) is 7.83. The van der Waals surface area contributed by atoms with Crippen molar-refractivity contribution >= 4 is 11.6 Å². The lowest BCUT2D eigenvalue weighted by Crippen LogP contribution is -2.35. The van der Waals surface area contributed by atoms with Gasteiger partial charge in [0.1, 0.15) is 18.0 Å². The normalized spacial score (nSPS) is 18.1. The molecule has 0 bridgehead atoms. The monoisotopic (exact) mass is 313 g/mol. The van der Waals surface area contributed by atoms with E-state index in [4.69, 9.17) is 0 Å². The minimum atomic E-state index is 0.455. The van der Waals surface area contributed by atoms with E-state index in [1.165, 1.54) is 0 Å². The van der Waals surface area contributed by atoms with Gasteiger partial charge in [-0.25, -0.2) is 9.97 Å². The molecule has 1 unspecified atom stereocenters. The molecule has 3 rings (SSSR count). The van der Waals surface area contributed by atoms with Crippen molar-refractivity contribution in [3.63, 3.8) is 0 Å². The summed E-state index contributed by atoms with van der Waals surface area (Å²) in [6.07, 6.45) is 8.05. The van der Waals surface area contributed by atoms with Crippen LogP contribution in [0.2, 0.25) is 0 Å². The summed E-state index contributed by atoms with van der Waals surface area (Å²) < 4.78 is 0. The van der Waals surface area contributed by atoms with Gasteiger partial charge in [0.25, 0.3) is 0 Å². The molecule has 0 aromatic carbocycles. The maximum Gasteiger partial charge on any atom is 0.134 e. The van der Waals surface area contributed by atoms with Crippen molar-refractivity contribution in [1.82, 2.24) is 24.8 Å². The van der Waals surface area contributed by atoms with Gasteiger partial charge in [0.05, 0.1) is 5.69 Å². The molecule has 1 aliphatic heterocycles. The third-order valence-corrected chi connectivity index (χ3v) is 4.26. The van der Waals surface area contributed by atoms with Crippen LogP contribution < -0.4 is 9.80 Å². The Kier molecular flexibility index (Phi) is 4.66. The van der Waals surface area contributed by atoms with Gasteiger partial charge in [0, 0.05) is 71.5 Å². The fourth-order valence-electron chi connectivity index (χ4n) is 2.87. The standard InChI is InChI=1S/C16H23N7/c1-21(2)15-8-16(20-12-19-15)22(3)14-4-7-23(11-14)10-13-9-17-5-6-18-13/h5-6,8-9,12,14H,4,7,10-11H2,1-3H3. The maximum absolute atomic E-state index is 4.42. The molecule has 2 aromatic heterocycles. The lowest BCUT2D eigenvalue weighted by atomic mass is 10.2. The van der Waals surface area contributed by atoms with E-state index in [-0.39, 0.29) is 0 Å². The Morgan fingerprint density at radius 1 is 1.13 bits per heavy atom. The lowest BCUT2D eigenvalue weighted by molar-refractivity contribution is 0.321. The number of rotatable bonds is 5. The third-order valence-electron chi connectivity index (χ3n) is 4.26. The van der Waals surface area contributed by atoms with E-state index in [9.17, 15) is 0 Å². The van der Waals surface area contributed by atoms with Gasteiger partial charge < -0.3 is 9.80 Å². The minimum Gasteiger partial charge on any atom is -0.363 e. The molecule has 1 saturated heterocycles. The fraction of sp³-hybridized carbons (Fsp3) is 0.500. The Morgan fingerprint density at radius 2 is 1.96 bits per heavy atom. The van der Waals surface area contributed by atoms with Crippen molar-refractivity contribution in [3.05, 3.63) is 36.7 Å². The molecule has 3 heterocycles. The molecule has 1 aliphatic rings. The second-order valence-electron chi connectivity index (χ2n) is 6.11. The van der Waals surface area contributed by atoms with Crippen LogP contribution in [0.25, 0.3) is 0 Å². The van der Waals surface area contributed by atoms with Gasteiger partial charge in [0.15, 0.2) is 0 Å². The zero-order valence-corrected chi connectivity index (χ0v) is 13.9. The van der Waals surface area contributed by atoms with Crippen molar-refractivity contribution in [3.8, 4) is 0 Å². The molecule has 0 aliphatic carbocycles. The molecule has 0 N–H and O–H groups in total. The Morgan fingerprint density at radius 3 is 2.70 bits per heavy atom. The van der Waals surface area contributed by atoms with Gasteiger partial charge in [-0.3, -0.25) is 14.9 Å². The highest BCUT2D eigenvalue weighted by Crippen LogP contribution is 2.22. The summed E-state index contributed by atoms with van der Waals surface area (Å²) in [7, 11) is 6.09. The van der Waals surface area contributed by atoms with Gasteiger partial charge in [-0.15, -0.1) is 0 Å². The number of nitrogens with zero attached hydrogens (tertiary/aromatic N) is 7. The first-order chi connectivity index (χ1) is 11.1. The summed E-state index contributed by atoms with van der Waals surface area (Å²) in [5.41, 5.74) is 1.02. The van der Waals surface area contributed by atoms with Gasteiger partial charge in [-0.2, -0.15) is 0 Å². The predicted octanol–water partition coefficient (Wildman–Crippen LogP) is 1.04. The number of anilines is 2. The van der Waals surface area contributed by atoms with Crippen LogP contribution in [0.5, 0.6) is 0 Å². The highest BCUT2D eigenvalue weighted by Gasteiger charge is 2.27. The average Bonchev–Trinajstić information content (AvgIpc) is 3.03. The van der Waals surface area contributed by atoms with Crippen molar-refractivity contribution in [2.75, 3.05) is 44.0 Å². The summed E-state index contributed by atoms with van der Waals surface area (Å²) in [5.74, 6) is 1.89. The second kappa shape index (κ2) is 6.87. The van der Waals surface area contributed by atoms with E-state index in [1.807, 2.05) is 31.3 Å². The molecule has 122 valence electrons. The van der Waals surface area contributed by atoms with Crippen LogP contribution in [-0.2, 0) is 6.54 Å². The molecule has 1 fully saturated rings. The van der Waals surface area contributed by atoms with Crippen LogP contribution in [0.3, 0.4) is 0 Å². The SMILES string of the molecule is CN(C)c1cc(N(C)C2CCN(Cc3cnccn3)C2)ncn1. The molecule has 0 radical (unpaired) electrons. The van der Waals surface area contributed by atoms with E-state index in [0.717, 1.165) is 43.4 Å². The molecule has 2 aromatic rings. The quantitative estimate of drug-likeness (QED) is 0.817. The van der Waals surface area contributed by atoms with Crippen LogP contribution >= 0.6 is 0 Å². The van der Waals surface area contributed by atoms with Crippen LogP contribution in [0, 0.1) is 0 Å². The smallest absolute Gasteiger partial charge is 0.134 e. The first kappa shape index (κ1) is 15.6. The number of likely N-dealkylation sites (N-methyl/N-ethyl adjacent to an activating group) is 1. The van der Waals surface area contributed by atoms with E-state index in [1.54, 1.807) is 18.7 Å². The van der Waals surface area contributed by atoms with E-state index >= 15 is 0 Å². The summed E-state index contributed by atoms with van der Waals surface area (Å²) in [5, 5.41) is 0. The predicted molar refractivity (Wildman–Crippen MR) is 90.5 cm³/mol. The third kappa shape index (κ3) is 3.73. The van der Waals surface area contributed by atoms with E-state index < -0.39 is 0 Å². The van der Waals surface area contributed by atoms with Crippen molar-refractivity contribution in [2.45, 2.75) is 19.0 Å². The van der Waals surface area contributed by atoms with Gasteiger partial charge in [-0.1, -0.05) is 0 Å². The maximum atomic E-state index is 4.42. The van der Waals surface area contributed by atoms with Crippen LogP contribution in [0.1, 0.15) is 12.1 Å². The summed E-state index contributed by atoms with van der Waals surface area (Å²) >= 11 is 0. The number of hydrogen-bond acceptors (Lipinski definition) is 7. The number of hydrogen-bond donors (Lipinski definition) is 0. The van der Waals surface area contributed by atoms with Crippen molar-refractivity contribution in [2.24, 2.45) is 0 Å². The van der Waals surface area contributed by atoms with E-state index in [0.29, 0.717) is 6.04 Å². The van der Waals surface area contributed by atoms with Crippen molar-refractivity contribution < 1.29 is 0 Å². The molecule has 23 heavy (non-hydrogen) atoms. The largest absolute Gasteiger partial charge is 0.363 e. The molecular weight excluding hydrogens is 290 g/mol. The highest BCUT2D eigenvalue weighted by molar-refractivity contribution is 5.49. The topological polar surface area (TPSA) is 61.3 Å². The lowest BCUT2D eigenvalue weighted by Gasteiger charge is -2.26. The molecule has 1 atom stereocenters. The average molecular weight is 313 g/mol. The summed E-state index contributed by atoms with van der Waals surface area (Å²) in [6.45, 7) is 2.93. The molecule has 0 saturated carbocycles. The van der Waals surface area contributed by atoms with E-state index in [2.05, 4.69) is 36.8 Å². The number of aromatic nitrogens is 4. The Bertz CT molecular complexity index is 631. The molecule has 7 heteroatoms. The van der Waals surface area contributed by atoms with Crippen LogP contribution in [0.15, 0.2) is 31.0 Å². The fourth-order valence-corrected chi connectivity index (χ4v) is 2.87. The minimum absolute atomic E-state index is 0.455. The number of likely N-dealkylation sites (tertiary alicyclic amines) is 1. The first-order valence-electron chi connectivity index (χ1n) is 7.83. The highest BCUT2D eigenvalue weighted by atomic mass is 15.3. The summed E-state index contributed by atoms with van der Waals surface area (Å²) in [6, 6.07) is 2.49. The van der Waals surface area contributed by atoms with Gasteiger partial charge in [-0.05, 0) is 6.42 Å². The molecule has 7 nitrogen and oxygen atoms in total. The van der Waals surface area contributed by atoms with Crippen LogP contribution in [0.4, 0.5) is 11.6 Å². The van der Waals surface area contributed by atoms with Crippen molar-refractivity contribution in [1.29, 1.82) is 0 Å². The second-order valence-corrected chi connectivity index (χ2v) is 6.11. The van der Waals surface area contributed by atoms with Crippen LogP contribution in [-0.4, -0.2) is 65.1 Å². The molecule has 0 spiro atoms. The van der Waals surface area contributed by atoms with Gasteiger partial charge >= 0.3 is 0 Å². The molecular formula is C16H23N7. The van der Waals surface area contributed by atoms with Gasteiger partial charge in [0.2, 0.25) is 0 Å². The zero-order chi connectivity index (χ0) is 16.2. The summed E-state index contributed by atoms with van der Waals surface area (Å²) in [4.78, 5) is 23.9. The Hall–Kier alpha value is -2.28. The zero-order valence-electron chi connectivity index (χ0n) is 13.9.